The van der Waals surface area contributed by atoms with E-state index in [2.05, 4.69) is 280 Å². The number of hydrogen-bond acceptors (Lipinski definition) is 1. The second kappa shape index (κ2) is 17.0. The summed E-state index contributed by atoms with van der Waals surface area (Å²) < 4.78 is 0. The fraction of sp³-hybridized carbons (Fsp3) is 0.0448. The van der Waals surface area contributed by atoms with Gasteiger partial charge in [0.25, 0.3) is 0 Å². The Bertz CT molecular complexity index is 3620. The molecule has 11 aromatic rings. The molecule has 0 spiro atoms. The summed E-state index contributed by atoms with van der Waals surface area (Å²) in [5.41, 5.74) is 22.8. The number of rotatable bonds is 9. The molecule has 0 atom stereocenters. The van der Waals surface area contributed by atoms with Crippen molar-refractivity contribution >= 4 is 27.8 Å². The molecule has 0 N–H and O–H groups in total. The van der Waals surface area contributed by atoms with E-state index in [4.69, 9.17) is 0 Å². The molecule has 1 heteroatoms. The van der Waals surface area contributed by atoms with Gasteiger partial charge in [-0.2, -0.15) is 0 Å². The van der Waals surface area contributed by atoms with Gasteiger partial charge in [0.1, 0.15) is 0 Å². The van der Waals surface area contributed by atoms with Crippen molar-refractivity contribution in [1.29, 1.82) is 0 Å². The summed E-state index contributed by atoms with van der Waals surface area (Å²) in [6.45, 7) is 4.72. The van der Waals surface area contributed by atoms with Gasteiger partial charge in [-0.1, -0.05) is 238 Å². The average molecular weight is 868 g/mol. The molecule has 0 saturated carbocycles. The van der Waals surface area contributed by atoms with Crippen LogP contribution in [0.25, 0.3) is 88.7 Å². The molecular formula is C67H49N. The first-order chi connectivity index (χ1) is 33.5. The van der Waals surface area contributed by atoms with Crippen LogP contribution in [0.4, 0.5) is 17.1 Å². The molecule has 0 bridgehead atoms. The normalized spacial score (nSPS) is 12.4. The highest BCUT2D eigenvalue weighted by molar-refractivity contribution is 6.02. The van der Waals surface area contributed by atoms with Crippen LogP contribution in [0, 0.1) is 0 Å². The highest BCUT2D eigenvalue weighted by Crippen LogP contribution is 2.53. The number of anilines is 3. The number of benzene rings is 11. The van der Waals surface area contributed by atoms with Gasteiger partial charge in [-0.25, -0.2) is 0 Å². The zero-order valence-electron chi connectivity index (χ0n) is 38.3. The zero-order chi connectivity index (χ0) is 45.6. The lowest BCUT2D eigenvalue weighted by Crippen LogP contribution is -2.14. The standard InChI is InChI=1S/C67H49N/c1-67(2)62-31-14-13-28-61(62)65-59(29-16-32-63(65)67)54-24-15-25-56(45-54)68(55-42-40-48(41-43-55)47-34-36-49(37-35-47)53-39-38-46-18-9-10-23-52(46)44-53)64-33-17-30-58(51-21-7-4-8-22-51)66(64)60-27-12-11-26-57(60)50-19-5-3-6-20-50/h3-45H,1-2H3. The minimum atomic E-state index is -0.0942. The number of hydrogen-bond donors (Lipinski definition) is 0. The second-order valence-electron chi connectivity index (χ2n) is 18.4. The van der Waals surface area contributed by atoms with Crippen LogP contribution in [0.3, 0.4) is 0 Å². The Labute approximate surface area is 399 Å². The van der Waals surface area contributed by atoms with Crippen LogP contribution >= 0.6 is 0 Å². The van der Waals surface area contributed by atoms with Crippen LogP contribution in [-0.4, -0.2) is 0 Å². The fourth-order valence-electron chi connectivity index (χ4n) is 10.7. The van der Waals surface area contributed by atoms with Crippen LogP contribution in [-0.2, 0) is 5.41 Å². The van der Waals surface area contributed by atoms with E-state index in [-0.39, 0.29) is 5.41 Å². The summed E-state index contributed by atoms with van der Waals surface area (Å²) >= 11 is 0. The third-order valence-corrected chi connectivity index (χ3v) is 14.1. The van der Waals surface area contributed by atoms with E-state index in [9.17, 15) is 0 Å². The lowest BCUT2D eigenvalue weighted by atomic mass is 9.82. The molecule has 0 aromatic heterocycles. The van der Waals surface area contributed by atoms with E-state index in [1.165, 1.54) is 99.8 Å². The van der Waals surface area contributed by atoms with E-state index in [1.54, 1.807) is 0 Å². The summed E-state index contributed by atoms with van der Waals surface area (Å²) in [5.74, 6) is 0. The molecule has 322 valence electrons. The first-order valence-electron chi connectivity index (χ1n) is 23.7. The highest BCUT2D eigenvalue weighted by Gasteiger charge is 2.36. The van der Waals surface area contributed by atoms with Crippen LogP contribution in [0.1, 0.15) is 25.0 Å². The van der Waals surface area contributed by atoms with Gasteiger partial charge < -0.3 is 4.90 Å². The molecule has 0 aliphatic heterocycles. The van der Waals surface area contributed by atoms with Crippen LogP contribution < -0.4 is 4.90 Å². The SMILES string of the molecule is CC1(C)c2ccccc2-c2c(-c3cccc(N(c4ccc(-c5ccc(-c6ccc7ccccc7c6)cc5)cc4)c4cccc(-c5ccccc5)c4-c4ccccc4-c4ccccc4)c3)cccc21. The van der Waals surface area contributed by atoms with Gasteiger partial charge in [0.15, 0.2) is 0 Å². The smallest absolute Gasteiger partial charge is 0.0546 e. The zero-order valence-corrected chi connectivity index (χ0v) is 38.3. The lowest BCUT2D eigenvalue weighted by Gasteiger charge is -2.30. The molecule has 12 rings (SSSR count). The first-order valence-corrected chi connectivity index (χ1v) is 23.7. The lowest BCUT2D eigenvalue weighted by molar-refractivity contribution is 0.660. The largest absolute Gasteiger partial charge is 0.310 e. The van der Waals surface area contributed by atoms with Crippen LogP contribution in [0.2, 0.25) is 0 Å². The highest BCUT2D eigenvalue weighted by atomic mass is 15.1. The minimum absolute atomic E-state index is 0.0942. The summed E-state index contributed by atoms with van der Waals surface area (Å²) in [5, 5.41) is 2.51. The summed E-state index contributed by atoms with van der Waals surface area (Å²) in [4.78, 5) is 2.47. The van der Waals surface area contributed by atoms with Gasteiger partial charge in [0, 0.05) is 22.4 Å². The third-order valence-electron chi connectivity index (χ3n) is 14.1. The van der Waals surface area contributed by atoms with E-state index < -0.39 is 0 Å². The Morgan fingerprint density at radius 1 is 0.265 bits per heavy atom. The molecule has 1 nitrogen and oxygen atoms in total. The Morgan fingerprint density at radius 3 is 1.47 bits per heavy atom. The van der Waals surface area contributed by atoms with Crippen LogP contribution in [0.5, 0.6) is 0 Å². The average Bonchev–Trinajstić information content (AvgIpc) is 3.65. The van der Waals surface area contributed by atoms with Gasteiger partial charge in [-0.15, -0.1) is 0 Å². The fourth-order valence-corrected chi connectivity index (χ4v) is 10.7. The maximum Gasteiger partial charge on any atom is 0.0546 e. The van der Waals surface area contributed by atoms with Gasteiger partial charge in [0.2, 0.25) is 0 Å². The molecular weight excluding hydrogens is 819 g/mol. The summed E-state index contributed by atoms with van der Waals surface area (Å²) in [6.07, 6.45) is 0. The topological polar surface area (TPSA) is 3.24 Å². The second-order valence-corrected chi connectivity index (χ2v) is 18.4. The molecule has 0 heterocycles. The van der Waals surface area contributed by atoms with Crippen molar-refractivity contribution in [2.75, 3.05) is 4.90 Å². The Kier molecular flexibility index (Phi) is 10.3. The molecule has 0 fully saturated rings. The van der Waals surface area contributed by atoms with Gasteiger partial charge in [0.05, 0.1) is 5.69 Å². The maximum absolute atomic E-state index is 2.47. The predicted octanol–water partition coefficient (Wildman–Crippen LogP) is 18.6. The van der Waals surface area contributed by atoms with Crippen LogP contribution in [0.15, 0.2) is 261 Å². The van der Waals surface area contributed by atoms with Crippen molar-refractivity contribution in [1.82, 2.24) is 0 Å². The van der Waals surface area contributed by atoms with Crippen molar-refractivity contribution in [3.8, 4) is 77.9 Å². The van der Waals surface area contributed by atoms with Crippen molar-refractivity contribution in [3.63, 3.8) is 0 Å². The number of fused-ring (bicyclic) bond motifs is 4. The Hall–Kier alpha value is -8.52. The quantitative estimate of drug-likeness (QED) is 0.140. The minimum Gasteiger partial charge on any atom is -0.310 e. The molecule has 68 heavy (non-hydrogen) atoms. The summed E-state index contributed by atoms with van der Waals surface area (Å²) in [7, 11) is 0. The molecule has 0 saturated heterocycles. The molecule has 1 aliphatic carbocycles. The monoisotopic (exact) mass is 867 g/mol. The molecule has 0 radical (unpaired) electrons. The van der Waals surface area contributed by atoms with E-state index in [1.807, 2.05) is 0 Å². The predicted molar refractivity (Wildman–Crippen MR) is 289 cm³/mol. The van der Waals surface area contributed by atoms with E-state index in [0.29, 0.717) is 0 Å². The van der Waals surface area contributed by atoms with Gasteiger partial charge in [-0.05, 0) is 131 Å². The van der Waals surface area contributed by atoms with Crippen molar-refractivity contribution in [2.45, 2.75) is 19.3 Å². The van der Waals surface area contributed by atoms with E-state index in [0.717, 1.165) is 17.1 Å². The summed E-state index contributed by atoms with van der Waals surface area (Å²) in [6, 6.07) is 95.7. The molecule has 0 unspecified atom stereocenters. The molecule has 1 aliphatic rings. The van der Waals surface area contributed by atoms with Crippen molar-refractivity contribution < 1.29 is 0 Å². The Morgan fingerprint density at radius 2 is 0.750 bits per heavy atom. The van der Waals surface area contributed by atoms with E-state index >= 15 is 0 Å². The number of nitrogens with zero attached hydrogens (tertiary/aromatic N) is 1. The Balaban J connectivity index is 1.03. The molecule has 11 aromatic carbocycles. The first kappa shape index (κ1) is 40.9. The van der Waals surface area contributed by atoms with Crippen molar-refractivity contribution in [2.24, 2.45) is 0 Å². The van der Waals surface area contributed by atoms with Crippen molar-refractivity contribution in [3.05, 3.63) is 272 Å². The van der Waals surface area contributed by atoms with Gasteiger partial charge in [-0.3, -0.25) is 0 Å². The maximum atomic E-state index is 2.47. The molecule has 0 amide bonds. The van der Waals surface area contributed by atoms with Gasteiger partial charge >= 0.3 is 0 Å². The third kappa shape index (κ3) is 7.21.